The van der Waals surface area contributed by atoms with Crippen LogP contribution in [0.4, 0.5) is 0 Å². The van der Waals surface area contributed by atoms with Crippen molar-refractivity contribution in [1.29, 1.82) is 0 Å². The minimum atomic E-state index is 0.0143. The van der Waals surface area contributed by atoms with Gasteiger partial charge in [0.1, 0.15) is 0 Å². The first-order valence-electron chi connectivity index (χ1n) is 5.63. The molecule has 2 aliphatic rings. The lowest BCUT2D eigenvalue weighted by atomic mass is 10.1. The highest BCUT2D eigenvalue weighted by Gasteiger charge is 1.97. The molecule has 0 fully saturated rings. The number of hydrogen-bond acceptors (Lipinski definition) is 2. The van der Waals surface area contributed by atoms with Gasteiger partial charge in [0.25, 0.3) is 0 Å². The third-order valence-corrected chi connectivity index (χ3v) is 2.45. The largest absolute Gasteiger partial charge is 0.290 e. The van der Waals surface area contributed by atoms with Crippen LogP contribution in [0.2, 0.25) is 0 Å². The van der Waals surface area contributed by atoms with Crippen molar-refractivity contribution >= 4 is 11.6 Å². The van der Waals surface area contributed by atoms with Crippen molar-refractivity contribution in [3.05, 3.63) is 84.1 Å². The van der Waals surface area contributed by atoms with Crippen molar-refractivity contribution in [3.63, 3.8) is 0 Å². The van der Waals surface area contributed by atoms with Crippen molar-refractivity contribution in [2.45, 2.75) is 0 Å². The molecule has 0 heterocycles. The van der Waals surface area contributed by atoms with Gasteiger partial charge in [0.05, 0.1) is 0 Å². The maximum atomic E-state index is 10.9. The standard InChI is InChI=1S/C16H12O2/c17-15-9-5-13(6-10-15)3-1-2-4-14-7-11-16(18)12-8-14/h1-12H. The summed E-state index contributed by atoms with van der Waals surface area (Å²) in [5.41, 5.74) is 1.96. The van der Waals surface area contributed by atoms with E-state index in [9.17, 15) is 9.59 Å². The first kappa shape index (κ1) is 12.0. The number of allylic oxidation sites excluding steroid dienone is 14. The first-order valence-corrected chi connectivity index (χ1v) is 5.63. The van der Waals surface area contributed by atoms with Crippen LogP contribution in [0, 0.1) is 0 Å². The van der Waals surface area contributed by atoms with Gasteiger partial charge in [0.15, 0.2) is 11.6 Å². The molecule has 0 bridgehead atoms. The van der Waals surface area contributed by atoms with Gasteiger partial charge in [-0.15, -0.1) is 0 Å². The van der Waals surface area contributed by atoms with Gasteiger partial charge in [-0.2, -0.15) is 0 Å². The molecule has 0 aromatic heterocycles. The Bertz CT molecular complexity index is 488. The fourth-order valence-corrected chi connectivity index (χ4v) is 1.49. The average molecular weight is 236 g/mol. The zero-order valence-electron chi connectivity index (χ0n) is 9.74. The molecular weight excluding hydrogens is 224 g/mol. The summed E-state index contributed by atoms with van der Waals surface area (Å²) in [6, 6.07) is 0. The molecule has 0 N–H and O–H groups in total. The summed E-state index contributed by atoms with van der Waals surface area (Å²) in [5, 5.41) is 0. The van der Waals surface area contributed by atoms with E-state index in [-0.39, 0.29) is 11.6 Å². The summed E-state index contributed by atoms with van der Waals surface area (Å²) < 4.78 is 0. The Balaban J connectivity index is 1.97. The highest BCUT2D eigenvalue weighted by molar-refractivity contribution is 6.01. The van der Waals surface area contributed by atoms with Crippen molar-refractivity contribution in [2.75, 3.05) is 0 Å². The quantitative estimate of drug-likeness (QED) is 0.738. The summed E-state index contributed by atoms with van der Waals surface area (Å²) >= 11 is 0. The molecule has 2 nitrogen and oxygen atoms in total. The molecule has 0 aromatic rings. The van der Waals surface area contributed by atoms with Crippen LogP contribution in [0.15, 0.2) is 84.1 Å². The number of ketones is 2. The molecule has 0 aliphatic heterocycles. The Hall–Kier alpha value is -2.48. The Labute approximate surface area is 106 Å². The summed E-state index contributed by atoms with van der Waals surface area (Å²) in [4.78, 5) is 21.8. The molecule has 2 aliphatic carbocycles. The molecule has 0 atom stereocenters. The van der Waals surface area contributed by atoms with E-state index in [2.05, 4.69) is 0 Å². The van der Waals surface area contributed by atoms with E-state index in [0.717, 1.165) is 11.1 Å². The number of carbonyl (C=O) groups is 2. The molecule has 0 amide bonds. The number of hydrogen-bond donors (Lipinski definition) is 0. The van der Waals surface area contributed by atoms with E-state index in [1.165, 1.54) is 24.3 Å². The third kappa shape index (κ3) is 3.52. The average Bonchev–Trinajstić information content (AvgIpc) is 2.39. The Morgan fingerprint density at radius 3 is 1.22 bits per heavy atom. The molecule has 0 aromatic carbocycles. The van der Waals surface area contributed by atoms with Crippen LogP contribution >= 0.6 is 0 Å². The molecule has 18 heavy (non-hydrogen) atoms. The van der Waals surface area contributed by atoms with Gasteiger partial charge < -0.3 is 0 Å². The predicted octanol–water partition coefficient (Wildman–Crippen LogP) is 2.79. The van der Waals surface area contributed by atoms with Crippen molar-refractivity contribution in [3.8, 4) is 0 Å². The predicted molar refractivity (Wildman–Crippen MR) is 71.9 cm³/mol. The van der Waals surface area contributed by atoms with E-state index in [1.807, 2.05) is 24.3 Å². The first-order chi connectivity index (χ1) is 8.74. The maximum absolute atomic E-state index is 10.9. The van der Waals surface area contributed by atoms with Crippen LogP contribution in [-0.4, -0.2) is 11.6 Å². The SMILES string of the molecule is O=C1C=CC(=CC=CC=C2C=CC(=O)C=C2)C=C1. The van der Waals surface area contributed by atoms with Crippen LogP contribution < -0.4 is 0 Å². The molecule has 0 spiro atoms. The lowest BCUT2D eigenvalue weighted by Crippen LogP contribution is -1.91. The minimum absolute atomic E-state index is 0.0143. The van der Waals surface area contributed by atoms with E-state index in [0.29, 0.717) is 0 Å². The lowest BCUT2D eigenvalue weighted by Gasteiger charge is -1.97. The fraction of sp³-hybridized carbons (Fsp3) is 0. The number of carbonyl (C=O) groups excluding carboxylic acids is 2. The molecule has 0 saturated heterocycles. The number of rotatable bonds is 2. The van der Waals surface area contributed by atoms with E-state index in [4.69, 9.17) is 0 Å². The second kappa shape index (κ2) is 5.73. The third-order valence-electron chi connectivity index (χ3n) is 2.45. The second-order valence-corrected chi connectivity index (χ2v) is 3.86. The van der Waals surface area contributed by atoms with Gasteiger partial charge in [-0.1, -0.05) is 48.6 Å². The Kier molecular flexibility index (Phi) is 3.82. The summed E-state index contributed by atoms with van der Waals surface area (Å²) in [7, 11) is 0. The van der Waals surface area contributed by atoms with E-state index in [1.54, 1.807) is 24.3 Å². The molecule has 0 unspecified atom stereocenters. The van der Waals surface area contributed by atoms with Gasteiger partial charge in [-0.25, -0.2) is 0 Å². The zero-order chi connectivity index (χ0) is 12.8. The van der Waals surface area contributed by atoms with Crippen LogP contribution in [0.1, 0.15) is 0 Å². The maximum Gasteiger partial charge on any atom is 0.178 e. The summed E-state index contributed by atoms with van der Waals surface area (Å²) in [5.74, 6) is 0.0285. The molecule has 88 valence electrons. The molecule has 2 heteroatoms. The zero-order valence-corrected chi connectivity index (χ0v) is 9.74. The molecule has 0 radical (unpaired) electrons. The molecular formula is C16H12O2. The normalized spacial score (nSPS) is 18.0. The van der Waals surface area contributed by atoms with Gasteiger partial charge >= 0.3 is 0 Å². The van der Waals surface area contributed by atoms with Crippen LogP contribution in [0.3, 0.4) is 0 Å². The van der Waals surface area contributed by atoms with E-state index < -0.39 is 0 Å². The lowest BCUT2D eigenvalue weighted by molar-refractivity contribution is -0.111. The molecule has 2 rings (SSSR count). The van der Waals surface area contributed by atoms with Gasteiger partial charge in [-0.3, -0.25) is 9.59 Å². The Morgan fingerprint density at radius 2 is 0.889 bits per heavy atom. The summed E-state index contributed by atoms with van der Waals surface area (Å²) in [6.07, 6.45) is 20.9. The van der Waals surface area contributed by atoms with Crippen molar-refractivity contribution < 1.29 is 9.59 Å². The minimum Gasteiger partial charge on any atom is -0.290 e. The highest BCUT2D eigenvalue weighted by atomic mass is 16.1. The van der Waals surface area contributed by atoms with Crippen molar-refractivity contribution in [1.82, 2.24) is 0 Å². The van der Waals surface area contributed by atoms with E-state index >= 15 is 0 Å². The fourth-order valence-electron chi connectivity index (χ4n) is 1.49. The molecule has 0 saturated carbocycles. The summed E-state index contributed by atoms with van der Waals surface area (Å²) in [6.45, 7) is 0. The van der Waals surface area contributed by atoms with Crippen LogP contribution in [0.25, 0.3) is 0 Å². The van der Waals surface area contributed by atoms with Gasteiger partial charge in [-0.05, 0) is 35.5 Å². The monoisotopic (exact) mass is 236 g/mol. The van der Waals surface area contributed by atoms with Crippen LogP contribution in [-0.2, 0) is 9.59 Å². The van der Waals surface area contributed by atoms with Gasteiger partial charge in [0.2, 0.25) is 0 Å². The highest BCUT2D eigenvalue weighted by Crippen LogP contribution is 2.08. The second-order valence-electron chi connectivity index (χ2n) is 3.86. The topological polar surface area (TPSA) is 34.1 Å². The van der Waals surface area contributed by atoms with Gasteiger partial charge in [0, 0.05) is 0 Å². The van der Waals surface area contributed by atoms with Crippen LogP contribution in [0.5, 0.6) is 0 Å². The van der Waals surface area contributed by atoms with Crippen molar-refractivity contribution in [2.24, 2.45) is 0 Å². The Morgan fingerprint density at radius 1 is 0.556 bits per heavy atom. The smallest absolute Gasteiger partial charge is 0.178 e.